The van der Waals surface area contributed by atoms with Gasteiger partial charge in [0, 0.05) is 6.61 Å². The van der Waals surface area contributed by atoms with Crippen molar-refractivity contribution >= 4 is 0 Å². The van der Waals surface area contributed by atoms with E-state index in [2.05, 4.69) is 6.42 Å². The molecule has 51 valence electrons. The Kier molecular flexibility index (Phi) is 1.26. The van der Waals surface area contributed by atoms with Crippen molar-refractivity contribution in [2.45, 2.75) is 19.3 Å². The first-order valence-corrected chi connectivity index (χ1v) is 3.86. The normalized spacial score (nSPS) is 48.3. The highest BCUT2D eigenvalue weighted by Crippen LogP contribution is 2.47. The van der Waals surface area contributed by atoms with Crippen molar-refractivity contribution < 1.29 is 5.11 Å². The number of fused-ring (bicyclic) bond motifs is 2. The van der Waals surface area contributed by atoms with Crippen LogP contribution >= 0.6 is 0 Å². The summed E-state index contributed by atoms with van der Waals surface area (Å²) in [7, 11) is 0. The van der Waals surface area contributed by atoms with Gasteiger partial charge >= 0.3 is 0 Å². The van der Waals surface area contributed by atoms with Gasteiger partial charge < -0.3 is 5.11 Å². The second-order valence-corrected chi connectivity index (χ2v) is 3.37. The molecule has 1 heteroatoms. The molecule has 2 saturated carbocycles. The molecule has 2 rings (SSSR count). The minimum absolute atomic E-state index is 0.390. The third kappa shape index (κ3) is 0.787. The second kappa shape index (κ2) is 1.98. The van der Waals surface area contributed by atoms with Gasteiger partial charge in [0.1, 0.15) is 0 Å². The summed E-state index contributed by atoms with van der Waals surface area (Å²) < 4.78 is 0. The Hall–Kier alpha value is -0.0400. The number of aliphatic hydroxyl groups is 1. The van der Waals surface area contributed by atoms with E-state index >= 15 is 0 Å². The van der Waals surface area contributed by atoms with Crippen LogP contribution in [0.2, 0.25) is 0 Å². The van der Waals surface area contributed by atoms with E-state index < -0.39 is 0 Å². The largest absolute Gasteiger partial charge is 0.396 e. The fourth-order valence-corrected chi connectivity index (χ4v) is 2.33. The summed E-state index contributed by atoms with van der Waals surface area (Å²) in [5.41, 5.74) is 0. The molecule has 9 heavy (non-hydrogen) atoms. The van der Waals surface area contributed by atoms with Crippen LogP contribution in [0.3, 0.4) is 0 Å². The Bertz CT molecular complexity index is 111. The summed E-state index contributed by atoms with van der Waals surface area (Å²) in [6.45, 7) is 0.390. The maximum atomic E-state index is 8.86. The lowest BCUT2D eigenvalue weighted by Gasteiger charge is -2.17. The molecular formula is C8H13O. The number of hydrogen-bond donors (Lipinski definition) is 1. The molecule has 0 heterocycles. The van der Waals surface area contributed by atoms with Gasteiger partial charge in [-0.05, 0) is 43.4 Å². The van der Waals surface area contributed by atoms with Gasteiger partial charge in [-0.25, -0.2) is 0 Å². The Labute approximate surface area is 56.1 Å². The predicted molar refractivity (Wildman–Crippen MR) is 35.7 cm³/mol. The zero-order valence-corrected chi connectivity index (χ0v) is 5.59. The molecule has 2 aliphatic rings. The van der Waals surface area contributed by atoms with Crippen LogP contribution in [0.1, 0.15) is 19.3 Å². The zero-order chi connectivity index (χ0) is 6.27. The third-order valence-corrected chi connectivity index (χ3v) is 2.85. The van der Waals surface area contributed by atoms with E-state index in [4.69, 9.17) is 5.11 Å². The van der Waals surface area contributed by atoms with E-state index in [9.17, 15) is 0 Å². The minimum atomic E-state index is 0.390. The quantitative estimate of drug-likeness (QED) is 0.559. The summed E-state index contributed by atoms with van der Waals surface area (Å²) in [5, 5.41) is 8.86. The fourth-order valence-electron chi connectivity index (χ4n) is 2.33. The van der Waals surface area contributed by atoms with E-state index in [0.717, 1.165) is 11.8 Å². The minimum Gasteiger partial charge on any atom is -0.396 e. The number of hydrogen-bond acceptors (Lipinski definition) is 1. The highest BCUT2D eigenvalue weighted by atomic mass is 16.3. The molecule has 0 aromatic rings. The van der Waals surface area contributed by atoms with E-state index in [1.165, 1.54) is 19.3 Å². The summed E-state index contributed by atoms with van der Waals surface area (Å²) >= 11 is 0. The lowest BCUT2D eigenvalue weighted by Crippen LogP contribution is -2.14. The third-order valence-electron chi connectivity index (χ3n) is 2.85. The molecule has 0 amide bonds. The Balaban J connectivity index is 2.01. The van der Waals surface area contributed by atoms with Crippen LogP contribution in [0.15, 0.2) is 0 Å². The second-order valence-electron chi connectivity index (χ2n) is 3.37. The van der Waals surface area contributed by atoms with Gasteiger partial charge in [0.05, 0.1) is 0 Å². The standard InChI is InChI=1S/C8H13O/c9-5-8-4-6-1-2-7(8)3-6/h4,6-9H,1-3,5H2/t6?,7?,8-/m1/s1. The van der Waals surface area contributed by atoms with E-state index in [-0.39, 0.29) is 0 Å². The zero-order valence-electron chi connectivity index (χ0n) is 5.59. The highest BCUT2D eigenvalue weighted by Gasteiger charge is 2.38. The van der Waals surface area contributed by atoms with Gasteiger partial charge in [-0.2, -0.15) is 0 Å². The Morgan fingerprint density at radius 3 is 2.67 bits per heavy atom. The van der Waals surface area contributed by atoms with Crippen LogP contribution in [0.4, 0.5) is 0 Å². The van der Waals surface area contributed by atoms with Gasteiger partial charge in [-0.15, -0.1) is 0 Å². The highest BCUT2D eigenvalue weighted by molar-refractivity contribution is 5.01. The number of rotatable bonds is 1. The molecule has 0 aliphatic heterocycles. The van der Waals surface area contributed by atoms with Gasteiger partial charge in [-0.1, -0.05) is 0 Å². The summed E-state index contributed by atoms with van der Waals surface area (Å²) in [6, 6.07) is 0. The molecule has 2 bridgehead atoms. The average molecular weight is 125 g/mol. The molecule has 2 unspecified atom stereocenters. The van der Waals surface area contributed by atoms with Gasteiger partial charge in [0.25, 0.3) is 0 Å². The Morgan fingerprint density at radius 2 is 2.33 bits per heavy atom. The summed E-state index contributed by atoms with van der Waals surface area (Å²) in [6.07, 6.45) is 6.48. The first-order chi connectivity index (χ1) is 4.40. The van der Waals surface area contributed by atoms with Crippen molar-refractivity contribution in [1.82, 2.24) is 0 Å². The van der Waals surface area contributed by atoms with E-state index in [0.29, 0.717) is 12.5 Å². The van der Waals surface area contributed by atoms with Crippen molar-refractivity contribution in [2.75, 3.05) is 6.61 Å². The molecule has 1 N–H and O–H groups in total. The summed E-state index contributed by atoms with van der Waals surface area (Å²) in [5.74, 6) is 2.27. The molecule has 1 radical (unpaired) electrons. The topological polar surface area (TPSA) is 20.2 Å². The predicted octanol–water partition coefficient (Wildman–Crippen LogP) is 1.23. The fraction of sp³-hybridized carbons (Fsp3) is 0.875. The molecular weight excluding hydrogens is 112 g/mol. The molecule has 0 saturated heterocycles. The molecule has 3 atom stereocenters. The van der Waals surface area contributed by atoms with Crippen molar-refractivity contribution in [3.63, 3.8) is 0 Å². The first-order valence-electron chi connectivity index (χ1n) is 3.86. The SMILES string of the molecule is OC[C@H]1[CH]C2CCC1C2. The van der Waals surface area contributed by atoms with Crippen molar-refractivity contribution in [3.8, 4) is 0 Å². The van der Waals surface area contributed by atoms with Crippen LogP contribution in [-0.4, -0.2) is 11.7 Å². The van der Waals surface area contributed by atoms with Crippen LogP contribution in [0, 0.1) is 24.2 Å². The number of aliphatic hydroxyl groups excluding tert-OH is 1. The molecule has 2 fully saturated rings. The van der Waals surface area contributed by atoms with Crippen LogP contribution in [-0.2, 0) is 0 Å². The maximum Gasteiger partial charge on any atom is 0.0464 e. The first kappa shape index (κ1) is 5.72. The van der Waals surface area contributed by atoms with Crippen molar-refractivity contribution in [3.05, 3.63) is 6.42 Å². The molecule has 2 aliphatic carbocycles. The van der Waals surface area contributed by atoms with Crippen molar-refractivity contribution in [1.29, 1.82) is 0 Å². The van der Waals surface area contributed by atoms with Crippen molar-refractivity contribution in [2.24, 2.45) is 17.8 Å². The van der Waals surface area contributed by atoms with Crippen LogP contribution in [0.5, 0.6) is 0 Å². The molecule has 0 aromatic heterocycles. The lowest BCUT2D eigenvalue weighted by molar-refractivity contribution is 0.205. The van der Waals surface area contributed by atoms with Gasteiger partial charge in [-0.3, -0.25) is 0 Å². The smallest absolute Gasteiger partial charge is 0.0464 e. The van der Waals surface area contributed by atoms with E-state index in [1.807, 2.05) is 0 Å². The molecule has 0 aromatic carbocycles. The monoisotopic (exact) mass is 125 g/mol. The van der Waals surface area contributed by atoms with Gasteiger partial charge in [0.2, 0.25) is 0 Å². The Morgan fingerprint density at radius 1 is 1.44 bits per heavy atom. The molecule has 0 spiro atoms. The maximum absolute atomic E-state index is 8.86. The van der Waals surface area contributed by atoms with Crippen LogP contribution < -0.4 is 0 Å². The van der Waals surface area contributed by atoms with Crippen LogP contribution in [0.25, 0.3) is 0 Å². The summed E-state index contributed by atoms with van der Waals surface area (Å²) in [4.78, 5) is 0. The van der Waals surface area contributed by atoms with Gasteiger partial charge in [0.15, 0.2) is 0 Å². The van der Waals surface area contributed by atoms with E-state index in [1.54, 1.807) is 0 Å². The average Bonchev–Trinajstić information content (AvgIpc) is 2.45. The lowest BCUT2D eigenvalue weighted by atomic mass is 9.90. The molecule has 1 nitrogen and oxygen atoms in total.